The van der Waals surface area contributed by atoms with Crippen molar-refractivity contribution >= 4 is 11.9 Å². The molecule has 0 aromatic heterocycles. The van der Waals surface area contributed by atoms with Crippen LogP contribution in [0, 0.1) is 0 Å². The highest BCUT2D eigenvalue weighted by atomic mass is 16.5. The molecule has 1 rings (SSSR count). The highest BCUT2D eigenvalue weighted by Gasteiger charge is 2.25. The molecule has 1 unspecified atom stereocenters. The minimum atomic E-state index is -0.884. The summed E-state index contributed by atoms with van der Waals surface area (Å²) < 4.78 is 10.6. The molecule has 6 heteroatoms. The van der Waals surface area contributed by atoms with Crippen LogP contribution in [0.4, 0.5) is 0 Å². The second kappa shape index (κ2) is 7.68. The van der Waals surface area contributed by atoms with Crippen LogP contribution in [0.5, 0.6) is 11.5 Å². The van der Waals surface area contributed by atoms with Crippen LogP contribution in [0.25, 0.3) is 0 Å². The molecule has 122 valence electrons. The van der Waals surface area contributed by atoms with Crippen LogP contribution in [0.2, 0.25) is 0 Å². The van der Waals surface area contributed by atoms with Crippen molar-refractivity contribution < 1.29 is 24.2 Å². The van der Waals surface area contributed by atoms with Gasteiger partial charge in [-0.3, -0.25) is 9.59 Å². The Bertz CT molecular complexity index is 510. The van der Waals surface area contributed by atoms with Crippen molar-refractivity contribution in [2.24, 2.45) is 0 Å². The Morgan fingerprint density at radius 1 is 1.23 bits per heavy atom. The smallest absolute Gasteiger partial charge is 0.303 e. The van der Waals surface area contributed by atoms with E-state index in [0.717, 1.165) is 0 Å². The summed E-state index contributed by atoms with van der Waals surface area (Å²) in [4.78, 5) is 22.7. The zero-order valence-electron chi connectivity index (χ0n) is 13.4. The molecular weight excluding hydrogens is 286 g/mol. The van der Waals surface area contributed by atoms with Gasteiger partial charge >= 0.3 is 5.97 Å². The van der Waals surface area contributed by atoms with Crippen LogP contribution in [0.15, 0.2) is 24.3 Å². The molecule has 0 aliphatic rings. The summed E-state index contributed by atoms with van der Waals surface area (Å²) in [6.07, 6.45) is -0.331. The average molecular weight is 309 g/mol. The lowest BCUT2D eigenvalue weighted by atomic mass is 9.98. The molecular formula is C16H23NO5. The minimum absolute atomic E-state index is 0.000990. The molecule has 0 saturated carbocycles. The number of aliphatic carboxylic acids is 1. The predicted molar refractivity (Wildman–Crippen MR) is 82.2 cm³/mol. The molecule has 0 heterocycles. The van der Waals surface area contributed by atoms with E-state index >= 15 is 0 Å². The summed E-state index contributed by atoms with van der Waals surface area (Å²) in [5, 5.41) is 11.5. The molecule has 0 aliphatic heterocycles. The van der Waals surface area contributed by atoms with Crippen molar-refractivity contribution in [2.45, 2.75) is 45.3 Å². The number of rotatable bonds is 8. The monoisotopic (exact) mass is 309 g/mol. The quantitative estimate of drug-likeness (QED) is 0.769. The van der Waals surface area contributed by atoms with E-state index in [4.69, 9.17) is 14.6 Å². The Morgan fingerprint density at radius 2 is 1.77 bits per heavy atom. The number of methoxy groups -OCH3 is 1. The Morgan fingerprint density at radius 3 is 2.27 bits per heavy atom. The van der Waals surface area contributed by atoms with Crippen LogP contribution in [-0.2, 0) is 9.59 Å². The van der Waals surface area contributed by atoms with E-state index in [2.05, 4.69) is 5.32 Å². The number of amides is 1. The summed E-state index contributed by atoms with van der Waals surface area (Å²) in [6, 6.07) is 6.93. The fraction of sp³-hybridized carbons (Fsp3) is 0.500. The maximum Gasteiger partial charge on any atom is 0.303 e. The van der Waals surface area contributed by atoms with Gasteiger partial charge in [-0.2, -0.15) is 0 Å². The van der Waals surface area contributed by atoms with E-state index in [1.54, 1.807) is 52.1 Å². The van der Waals surface area contributed by atoms with Crippen molar-refractivity contribution in [3.63, 3.8) is 0 Å². The largest absolute Gasteiger partial charge is 0.497 e. The number of benzene rings is 1. The minimum Gasteiger partial charge on any atom is -0.497 e. The fourth-order valence-electron chi connectivity index (χ4n) is 1.83. The topological polar surface area (TPSA) is 84.9 Å². The van der Waals surface area contributed by atoms with Crippen molar-refractivity contribution in [3.8, 4) is 11.5 Å². The molecule has 0 bridgehead atoms. The summed E-state index contributed by atoms with van der Waals surface area (Å²) in [6.45, 7) is 5.22. The lowest BCUT2D eigenvalue weighted by Crippen LogP contribution is -2.48. The van der Waals surface area contributed by atoms with E-state index in [9.17, 15) is 9.59 Å². The Labute approximate surface area is 130 Å². The SMILES string of the molecule is COc1ccc(OC(C)C(=O)NC(C)(C)CCC(=O)O)cc1. The van der Waals surface area contributed by atoms with E-state index < -0.39 is 17.6 Å². The molecule has 22 heavy (non-hydrogen) atoms. The van der Waals surface area contributed by atoms with Gasteiger partial charge in [-0.1, -0.05) is 0 Å². The van der Waals surface area contributed by atoms with Crippen LogP contribution < -0.4 is 14.8 Å². The summed E-state index contributed by atoms with van der Waals surface area (Å²) in [7, 11) is 1.57. The van der Waals surface area contributed by atoms with E-state index in [1.165, 1.54) is 0 Å². The van der Waals surface area contributed by atoms with Crippen LogP contribution >= 0.6 is 0 Å². The van der Waals surface area contributed by atoms with Gasteiger partial charge < -0.3 is 19.9 Å². The number of carboxylic acids is 1. The first-order valence-electron chi connectivity index (χ1n) is 7.08. The molecule has 2 N–H and O–H groups in total. The van der Waals surface area contributed by atoms with Crippen molar-refractivity contribution in [2.75, 3.05) is 7.11 Å². The first kappa shape index (κ1) is 17.8. The molecule has 1 aromatic rings. The number of nitrogens with one attached hydrogen (secondary N) is 1. The summed E-state index contributed by atoms with van der Waals surface area (Å²) >= 11 is 0. The third-order valence-electron chi connectivity index (χ3n) is 3.17. The van der Waals surface area contributed by atoms with Gasteiger partial charge in [-0.25, -0.2) is 0 Å². The molecule has 0 fully saturated rings. The van der Waals surface area contributed by atoms with Gasteiger partial charge in [-0.15, -0.1) is 0 Å². The van der Waals surface area contributed by atoms with Crippen LogP contribution in [0.3, 0.4) is 0 Å². The number of carboxylic acid groups (broad SMARTS) is 1. The lowest BCUT2D eigenvalue weighted by molar-refractivity contribution is -0.138. The highest BCUT2D eigenvalue weighted by molar-refractivity contribution is 5.81. The number of hydrogen-bond donors (Lipinski definition) is 2. The van der Waals surface area contributed by atoms with Crippen molar-refractivity contribution in [1.29, 1.82) is 0 Å². The second-order valence-corrected chi connectivity index (χ2v) is 5.70. The molecule has 0 radical (unpaired) electrons. The van der Waals surface area contributed by atoms with Crippen molar-refractivity contribution in [1.82, 2.24) is 5.32 Å². The normalized spacial score (nSPS) is 12.4. The van der Waals surface area contributed by atoms with Gasteiger partial charge in [0, 0.05) is 12.0 Å². The molecule has 1 aromatic carbocycles. The highest BCUT2D eigenvalue weighted by Crippen LogP contribution is 2.18. The van der Waals surface area contributed by atoms with Gasteiger partial charge in [0.25, 0.3) is 5.91 Å². The standard InChI is InChI=1S/C16H23NO5/c1-11(22-13-7-5-12(21-4)6-8-13)15(20)17-16(2,3)10-9-14(18)19/h5-8,11H,9-10H2,1-4H3,(H,17,20)(H,18,19). The second-order valence-electron chi connectivity index (χ2n) is 5.70. The molecule has 0 saturated heterocycles. The molecule has 1 atom stereocenters. The van der Waals surface area contributed by atoms with Crippen LogP contribution in [-0.4, -0.2) is 35.7 Å². The fourth-order valence-corrected chi connectivity index (χ4v) is 1.83. The first-order valence-corrected chi connectivity index (χ1v) is 7.08. The Kier molecular flexibility index (Phi) is 6.22. The van der Waals surface area contributed by atoms with E-state index in [0.29, 0.717) is 17.9 Å². The van der Waals surface area contributed by atoms with Gasteiger partial charge in [0.2, 0.25) is 0 Å². The average Bonchev–Trinajstić information content (AvgIpc) is 2.45. The first-order chi connectivity index (χ1) is 10.2. The molecule has 0 spiro atoms. The van der Waals surface area contributed by atoms with Crippen LogP contribution in [0.1, 0.15) is 33.6 Å². The Hall–Kier alpha value is -2.24. The number of ether oxygens (including phenoxy) is 2. The van der Waals surface area contributed by atoms with Gasteiger partial charge in [0.05, 0.1) is 7.11 Å². The molecule has 0 aliphatic carbocycles. The van der Waals surface area contributed by atoms with Gasteiger partial charge in [0.15, 0.2) is 6.10 Å². The Balaban J connectivity index is 2.54. The summed E-state index contributed by atoms with van der Waals surface area (Å²) in [5.74, 6) is 0.0992. The lowest BCUT2D eigenvalue weighted by Gasteiger charge is -2.27. The molecule has 6 nitrogen and oxygen atoms in total. The third-order valence-corrected chi connectivity index (χ3v) is 3.17. The van der Waals surface area contributed by atoms with Crippen molar-refractivity contribution in [3.05, 3.63) is 24.3 Å². The van der Waals surface area contributed by atoms with Gasteiger partial charge in [-0.05, 0) is 51.5 Å². The zero-order valence-corrected chi connectivity index (χ0v) is 13.4. The van der Waals surface area contributed by atoms with E-state index in [1.807, 2.05) is 0 Å². The zero-order chi connectivity index (χ0) is 16.8. The maximum atomic E-state index is 12.1. The number of hydrogen-bond acceptors (Lipinski definition) is 4. The third kappa shape index (κ3) is 6.03. The van der Waals surface area contributed by atoms with Gasteiger partial charge in [0.1, 0.15) is 11.5 Å². The number of carbonyl (C=O) groups excluding carboxylic acids is 1. The number of carbonyl (C=O) groups is 2. The maximum absolute atomic E-state index is 12.1. The van der Waals surface area contributed by atoms with E-state index in [-0.39, 0.29) is 12.3 Å². The molecule has 1 amide bonds. The summed E-state index contributed by atoms with van der Waals surface area (Å²) in [5.41, 5.74) is -0.604. The predicted octanol–water partition coefficient (Wildman–Crippen LogP) is 2.22.